The van der Waals surface area contributed by atoms with Crippen LogP contribution in [0.5, 0.6) is 0 Å². The Hall–Kier alpha value is -2.30. The molecule has 0 aliphatic rings. The van der Waals surface area contributed by atoms with Gasteiger partial charge < -0.3 is 0 Å². The molecular weight excluding hydrogens is 252 g/mol. The minimum atomic E-state index is -0.00898. The highest BCUT2D eigenvalue weighted by molar-refractivity contribution is 5.75. The first-order valence-electron chi connectivity index (χ1n) is 6.76. The van der Waals surface area contributed by atoms with Gasteiger partial charge in [0, 0.05) is 19.3 Å². The first-order chi connectivity index (χ1) is 9.58. The molecule has 0 bridgehead atoms. The zero-order valence-electron chi connectivity index (χ0n) is 11.9. The predicted octanol–water partition coefficient (Wildman–Crippen LogP) is 2.17. The van der Waals surface area contributed by atoms with Gasteiger partial charge in [0.25, 0.3) is 0 Å². The van der Waals surface area contributed by atoms with Gasteiger partial charge in [-0.2, -0.15) is 5.10 Å². The van der Waals surface area contributed by atoms with Crippen LogP contribution in [0.25, 0.3) is 11.0 Å². The monoisotopic (exact) mass is 270 g/mol. The fourth-order valence-electron chi connectivity index (χ4n) is 2.43. The molecule has 0 radical (unpaired) electrons. The van der Waals surface area contributed by atoms with Crippen LogP contribution in [0.1, 0.15) is 25.6 Å². The van der Waals surface area contributed by atoms with E-state index in [0.29, 0.717) is 12.6 Å². The largest absolute Gasteiger partial charge is 0.329 e. The van der Waals surface area contributed by atoms with E-state index < -0.39 is 0 Å². The molecule has 0 fully saturated rings. The number of para-hydroxylation sites is 2. The molecule has 0 amide bonds. The van der Waals surface area contributed by atoms with E-state index >= 15 is 0 Å². The smallest absolute Gasteiger partial charge is 0.295 e. The van der Waals surface area contributed by atoms with Crippen LogP contribution in [0.15, 0.2) is 41.3 Å². The van der Waals surface area contributed by atoms with E-state index in [2.05, 4.69) is 18.9 Å². The predicted molar refractivity (Wildman–Crippen MR) is 78.9 cm³/mol. The molecule has 0 atom stereocenters. The van der Waals surface area contributed by atoms with Gasteiger partial charge in [-0.1, -0.05) is 12.1 Å². The summed E-state index contributed by atoms with van der Waals surface area (Å²) in [4.78, 5) is 12.3. The summed E-state index contributed by atoms with van der Waals surface area (Å²) in [6.45, 7) is 4.67. The van der Waals surface area contributed by atoms with Gasteiger partial charge in [0.05, 0.1) is 23.3 Å². The fraction of sp³-hybridized carbons (Fsp3) is 0.333. The molecule has 0 unspecified atom stereocenters. The van der Waals surface area contributed by atoms with Crippen molar-refractivity contribution in [3.8, 4) is 0 Å². The lowest BCUT2D eigenvalue weighted by Crippen LogP contribution is -2.23. The number of aromatic nitrogens is 4. The number of imidazole rings is 1. The van der Waals surface area contributed by atoms with E-state index in [0.717, 1.165) is 16.7 Å². The minimum Gasteiger partial charge on any atom is -0.295 e. The number of nitrogens with zero attached hydrogens (tertiary/aromatic N) is 4. The number of aryl methyl sites for hydroxylation is 1. The van der Waals surface area contributed by atoms with Gasteiger partial charge in [-0.3, -0.25) is 13.8 Å². The molecule has 3 rings (SSSR count). The van der Waals surface area contributed by atoms with E-state index in [4.69, 9.17) is 0 Å². The Morgan fingerprint density at radius 3 is 2.50 bits per heavy atom. The minimum absolute atomic E-state index is 0.00898. The first kappa shape index (κ1) is 12.7. The topological polar surface area (TPSA) is 44.8 Å². The third kappa shape index (κ3) is 1.95. The third-order valence-corrected chi connectivity index (χ3v) is 3.56. The Labute approximate surface area is 117 Å². The van der Waals surface area contributed by atoms with Crippen LogP contribution in [0.2, 0.25) is 0 Å². The molecule has 3 aromatic rings. The average Bonchev–Trinajstić information content (AvgIpc) is 3.00. The molecule has 0 aliphatic carbocycles. The van der Waals surface area contributed by atoms with Crippen molar-refractivity contribution < 1.29 is 0 Å². The van der Waals surface area contributed by atoms with Gasteiger partial charge in [-0.05, 0) is 32.0 Å². The molecule has 0 N–H and O–H groups in total. The summed E-state index contributed by atoms with van der Waals surface area (Å²) in [6, 6.07) is 10.1. The van der Waals surface area contributed by atoms with E-state index in [1.54, 1.807) is 16.2 Å². The SMILES string of the molecule is CC(C)n1ccc(Cn2c(=O)n(C)c3ccccc32)n1. The van der Waals surface area contributed by atoms with Gasteiger partial charge >= 0.3 is 5.69 Å². The van der Waals surface area contributed by atoms with Gasteiger partial charge in [-0.15, -0.1) is 0 Å². The molecule has 0 saturated carbocycles. The molecular formula is C15H18N4O. The summed E-state index contributed by atoms with van der Waals surface area (Å²) < 4.78 is 5.35. The van der Waals surface area contributed by atoms with Crippen LogP contribution in [0, 0.1) is 0 Å². The molecule has 2 aromatic heterocycles. The molecule has 5 nitrogen and oxygen atoms in total. The van der Waals surface area contributed by atoms with Crippen molar-refractivity contribution in [2.45, 2.75) is 26.4 Å². The average molecular weight is 270 g/mol. The normalized spacial score (nSPS) is 11.6. The van der Waals surface area contributed by atoms with E-state index in [-0.39, 0.29) is 5.69 Å². The summed E-state index contributed by atoms with van der Waals surface area (Å²) >= 11 is 0. The zero-order chi connectivity index (χ0) is 14.3. The summed E-state index contributed by atoms with van der Waals surface area (Å²) in [6.07, 6.45) is 1.95. The van der Waals surface area contributed by atoms with Gasteiger partial charge in [0.1, 0.15) is 0 Å². The number of fused-ring (bicyclic) bond motifs is 1. The molecule has 0 saturated heterocycles. The summed E-state index contributed by atoms with van der Waals surface area (Å²) in [5.41, 5.74) is 2.78. The lowest BCUT2D eigenvalue weighted by atomic mass is 10.3. The number of benzene rings is 1. The molecule has 1 aromatic carbocycles. The Kier molecular flexibility index (Phi) is 2.97. The Bertz CT molecular complexity index is 807. The third-order valence-electron chi connectivity index (χ3n) is 3.56. The Morgan fingerprint density at radius 2 is 1.85 bits per heavy atom. The van der Waals surface area contributed by atoms with E-state index in [1.807, 2.05) is 41.2 Å². The van der Waals surface area contributed by atoms with Crippen molar-refractivity contribution >= 4 is 11.0 Å². The van der Waals surface area contributed by atoms with Gasteiger partial charge in [0.2, 0.25) is 0 Å². The second kappa shape index (κ2) is 4.67. The van der Waals surface area contributed by atoms with Crippen LogP contribution in [0.4, 0.5) is 0 Å². The summed E-state index contributed by atoms with van der Waals surface area (Å²) in [5, 5.41) is 4.51. The number of rotatable bonds is 3. The lowest BCUT2D eigenvalue weighted by molar-refractivity contribution is 0.523. The summed E-state index contributed by atoms with van der Waals surface area (Å²) in [5.74, 6) is 0. The first-order valence-corrected chi connectivity index (χ1v) is 6.76. The highest BCUT2D eigenvalue weighted by Gasteiger charge is 2.11. The summed E-state index contributed by atoms with van der Waals surface area (Å²) in [7, 11) is 1.80. The maximum atomic E-state index is 12.3. The molecule has 0 aliphatic heterocycles. The van der Waals surface area contributed by atoms with Crippen LogP contribution >= 0.6 is 0 Å². The maximum absolute atomic E-state index is 12.3. The fourth-order valence-corrected chi connectivity index (χ4v) is 2.43. The van der Waals surface area contributed by atoms with E-state index in [9.17, 15) is 4.79 Å². The molecule has 104 valence electrons. The van der Waals surface area contributed by atoms with Crippen LogP contribution < -0.4 is 5.69 Å². The maximum Gasteiger partial charge on any atom is 0.329 e. The van der Waals surface area contributed by atoms with Crippen LogP contribution in [-0.2, 0) is 13.6 Å². The molecule has 0 spiro atoms. The molecule has 2 heterocycles. The van der Waals surface area contributed by atoms with Crippen LogP contribution in [-0.4, -0.2) is 18.9 Å². The number of hydrogen-bond donors (Lipinski definition) is 0. The molecule has 5 heteroatoms. The second-order valence-electron chi connectivity index (χ2n) is 5.30. The highest BCUT2D eigenvalue weighted by atomic mass is 16.1. The zero-order valence-corrected chi connectivity index (χ0v) is 11.9. The quantitative estimate of drug-likeness (QED) is 0.732. The van der Waals surface area contributed by atoms with Crippen LogP contribution in [0.3, 0.4) is 0 Å². The van der Waals surface area contributed by atoms with Crippen molar-refractivity contribution in [1.82, 2.24) is 18.9 Å². The van der Waals surface area contributed by atoms with Gasteiger partial charge in [-0.25, -0.2) is 4.79 Å². The van der Waals surface area contributed by atoms with E-state index in [1.165, 1.54) is 0 Å². The lowest BCUT2D eigenvalue weighted by Gasteiger charge is -2.04. The Morgan fingerprint density at radius 1 is 1.15 bits per heavy atom. The van der Waals surface area contributed by atoms with Crippen molar-refractivity contribution in [3.63, 3.8) is 0 Å². The number of hydrogen-bond acceptors (Lipinski definition) is 2. The molecule has 20 heavy (non-hydrogen) atoms. The van der Waals surface area contributed by atoms with Crippen molar-refractivity contribution in [3.05, 3.63) is 52.7 Å². The standard InChI is InChI=1S/C15H18N4O/c1-11(2)19-9-8-12(16-19)10-18-14-7-5-4-6-13(14)17(3)15(18)20/h4-9,11H,10H2,1-3H3. The second-order valence-corrected chi connectivity index (χ2v) is 5.30. The van der Waals surface area contributed by atoms with Crippen molar-refractivity contribution in [2.24, 2.45) is 7.05 Å². The van der Waals surface area contributed by atoms with Crippen molar-refractivity contribution in [1.29, 1.82) is 0 Å². The van der Waals surface area contributed by atoms with Crippen molar-refractivity contribution in [2.75, 3.05) is 0 Å². The van der Waals surface area contributed by atoms with Gasteiger partial charge in [0.15, 0.2) is 0 Å². The highest BCUT2D eigenvalue weighted by Crippen LogP contribution is 2.13. The Balaban J connectivity index is 2.06.